The van der Waals surface area contributed by atoms with E-state index in [0.29, 0.717) is 6.61 Å². The monoisotopic (exact) mass is 272 g/mol. The molecule has 4 nitrogen and oxygen atoms in total. The molecule has 0 bridgehead atoms. The van der Waals surface area contributed by atoms with Gasteiger partial charge in [-0.3, -0.25) is 9.59 Å². The minimum absolute atomic E-state index is 0.298. The van der Waals surface area contributed by atoms with Crippen molar-refractivity contribution in [2.45, 2.75) is 6.42 Å². The van der Waals surface area contributed by atoms with Gasteiger partial charge in [-0.2, -0.15) is 0 Å². The molecular formula is C6H9IO4. The lowest BCUT2D eigenvalue weighted by molar-refractivity contribution is -0.152. The Kier molecular flexibility index (Phi) is 6.19. The molecule has 0 saturated carbocycles. The number of hydrogen-bond donors (Lipinski definition) is 0. The second-order valence-electron chi connectivity index (χ2n) is 1.66. The molecule has 0 aromatic rings. The molecule has 0 rings (SSSR count). The van der Waals surface area contributed by atoms with Gasteiger partial charge in [0.25, 0.3) is 0 Å². The lowest BCUT2D eigenvalue weighted by Gasteiger charge is -2.00. The van der Waals surface area contributed by atoms with Crippen LogP contribution in [0.15, 0.2) is 0 Å². The summed E-state index contributed by atoms with van der Waals surface area (Å²) < 4.78 is 9.60. The Labute approximate surface area is 78.4 Å². The first-order chi connectivity index (χ1) is 5.20. The van der Waals surface area contributed by atoms with E-state index in [-0.39, 0.29) is 6.42 Å². The van der Waals surface area contributed by atoms with Gasteiger partial charge in [-0.05, 0) is 0 Å². The highest BCUT2D eigenvalue weighted by atomic mass is 127. The largest absolute Gasteiger partial charge is 0.469 e. The van der Waals surface area contributed by atoms with Gasteiger partial charge in [0.2, 0.25) is 0 Å². The first kappa shape index (κ1) is 10.7. The SMILES string of the molecule is COC(=O)CC(=O)OCCI. The normalized spacial score (nSPS) is 8.91. The highest BCUT2D eigenvalue weighted by molar-refractivity contribution is 14.1. The van der Waals surface area contributed by atoms with Crippen LogP contribution >= 0.6 is 22.6 Å². The molecule has 11 heavy (non-hydrogen) atoms. The molecule has 5 heteroatoms. The molecule has 0 aliphatic rings. The summed E-state index contributed by atoms with van der Waals surface area (Å²) in [6, 6.07) is 0. The van der Waals surface area contributed by atoms with E-state index < -0.39 is 11.9 Å². The van der Waals surface area contributed by atoms with Gasteiger partial charge in [0.15, 0.2) is 0 Å². The Balaban J connectivity index is 3.44. The number of ether oxygens (including phenoxy) is 2. The van der Waals surface area contributed by atoms with Crippen LogP contribution in [0.5, 0.6) is 0 Å². The Morgan fingerprint density at radius 1 is 1.36 bits per heavy atom. The van der Waals surface area contributed by atoms with Crippen molar-refractivity contribution in [3.05, 3.63) is 0 Å². The number of carbonyl (C=O) groups is 2. The van der Waals surface area contributed by atoms with E-state index in [0.717, 1.165) is 4.43 Å². The van der Waals surface area contributed by atoms with E-state index in [1.165, 1.54) is 7.11 Å². The van der Waals surface area contributed by atoms with Gasteiger partial charge in [0, 0.05) is 4.43 Å². The molecule has 0 unspecified atom stereocenters. The van der Waals surface area contributed by atoms with Crippen molar-refractivity contribution >= 4 is 34.5 Å². The number of esters is 2. The Morgan fingerprint density at radius 2 is 2.00 bits per heavy atom. The summed E-state index contributed by atoms with van der Waals surface area (Å²) >= 11 is 2.07. The van der Waals surface area contributed by atoms with Gasteiger partial charge in [-0.15, -0.1) is 0 Å². The minimum atomic E-state index is -0.566. The summed E-state index contributed by atoms with van der Waals surface area (Å²) in [6.07, 6.45) is -0.298. The van der Waals surface area contributed by atoms with E-state index >= 15 is 0 Å². The molecule has 0 aliphatic heterocycles. The van der Waals surface area contributed by atoms with Crippen molar-refractivity contribution in [1.82, 2.24) is 0 Å². The lowest BCUT2D eigenvalue weighted by Crippen LogP contribution is -2.13. The molecule has 0 atom stereocenters. The first-order valence-electron chi connectivity index (χ1n) is 2.99. The Morgan fingerprint density at radius 3 is 2.45 bits per heavy atom. The fraction of sp³-hybridized carbons (Fsp3) is 0.667. The van der Waals surface area contributed by atoms with Crippen molar-refractivity contribution < 1.29 is 19.1 Å². The molecule has 0 heterocycles. The number of halogens is 1. The quantitative estimate of drug-likeness (QED) is 0.324. The summed E-state index contributed by atoms with van der Waals surface area (Å²) in [5, 5.41) is 0. The molecule has 0 aliphatic carbocycles. The van der Waals surface area contributed by atoms with Crippen molar-refractivity contribution in [3.63, 3.8) is 0 Å². The maximum absolute atomic E-state index is 10.6. The molecule has 0 N–H and O–H groups in total. The number of carbonyl (C=O) groups excluding carboxylic acids is 2. The maximum atomic E-state index is 10.6. The molecular weight excluding hydrogens is 263 g/mol. The average molecular weight is 272 g/mol. The molecule has 0 aromatic heterocycles. The fourth-order valence-corrected chi connectivity index (χ4v) is 0.614. The zero-order valence-corrected chi connectivity index (χ0v) is 8.29. The summed E-state index contributed by atoms with van der Waals surface area (Å²) in [5.74, 6) is -1.10. The van der Waals surface area contributed by atoms with E-state index in [9.17, 15) is 9.59 Å². The van der Waals surface area contributed by atoms with Crippen LogP contribution in [0.25, 0.3) is 0 Å². The summed E-state index contributed by atoms with van der Waals surface area (Å²) in [6.45, 7) is 0.344. The zero-order valence-electron chi connectivity index (χ0n) is 6.13. The van der Waals surface area contributed by atoms with Crippen LogP contribution in [0.2, 0.25) is 0 Å². The van der Waals surface area contributed by atoms with Gasteiger partial charge in [0.1, 0.15) is 13.0 Å². The third-order valence-corrected chi connectivity index (χ3v) is 1.30. The summed E-state index contributed by atoms with van der Waals surface area (Å²) in [4.78, 5) is 21.1. The molecule has 0 saturated heterocycles. The van der Waals surface area contributed by atoms with E-state index in [1.807, 2.05) is 0 Å². The molecule has 0 radical (unpaired) electrons. The van der Waals surface area contributed by atoms with Crippen LogP contribution in [0.4, 0.5) is 0 Å². The number of alkyl halides is 1. The van der Waals surface area contributed by atoms with Crippen molar-refractivity contribution in [2.24, 2.45) is 0 Å². The second-order valence-corrected chi connectivity index (χ2v) is 2.74. The topological polar surface area (TPSA) is 52.6 Å². The van der Waals surface area contributed by atoms with E-state index in [1.54, 1.807) is 0 Å². The first-order valence-corrected chi connectivity index (χ1v) is 4.51. The predicted octanol–water partition coefficient (Wildman–Crippen LogP) is 0.528. The molecule has 0 amide bonds. The molecule has 0 aromatic carbocycles. The van der Waals surface area contributed by atoms with Crippen molar-refractivity contribution in [1.29, 1.82) is 0 Å². The van der Waals surface area contributed by atoms with Crippen LogP contribution in [0.3, 0.4) is 0 Å². The van der Waals surface area contributed by atoms with Crippen molar-refractivity contribution in [2.75, 3.05) is 18.1 Å². The molecule has 64 valence electrons. The van der Waals surface area contributed by atoms with Gasteiger partial charge in [0.05, 0.1) is 7.11 Å². The number of hydrogen-bond acceptors (Lipinski definition) is 4. The fourth-order valence-electron chi connectivity index (χ4n) is 0.393. The number of methoxy groups -OCH3 is 1. The summed E-state index contributed by atoms with van der Waals surface area (Å²) in [5.41, 5.74) is 0. The highest BCUT2D eigenvalue weighted by Gasteiger charge is 2.09. The van der Waals surface area contributed by atoms with E-state index in [2.05, 4.69) is 32.1 Å². The zero-order chi connectivity index (χ0) is 8.69. The third kappa shape index (κ3) is 6.08. The van der Waals surface area contributed by atoms with Crippen LogP contribution in [-0.4, -0.2) is 30.1 Å². The molecule has 0 spiro atoms. The maximum Gasteiger partial charge on any atom is 0.317 e. The Bertz CT molecular complexity index is 146. The highest BCUT2D eigenvalue weighted by Crippen LogP contribution is 1.90. The van der Waals surface area contributed by atoms with Gasteiger partial charge >= 0.3 is 11.9 Å². The minimum Gasteiger partial charge on any atom is -0.469 e. The lowest BCUT2D eigenvalue weighted by atomic mass is 10.4. The number of rotatable bonds is 4. The van der Waals surface area contributed by atoms with Crippen molar-refractivity contribution in [3.8, 4) is 0 Å². The third-order valence-electron chi connectivity index (χ3n) is 0.857. The van der Waals surface area contributed by atoms with Crippen LogP contribution in [-0.2, 0) is 19.1 Å². The van der Waals surface area contributed by atoms with Crippen LogP contribution < -0.4 is 0 Å². The predicted molar refractivity (Wildman–Crippen MR) is 46.5 cm³/mol. The average Bonchev–Trinajstić information content (AvgIpc) is 2.00. The van der Waals surface area contributed by atoms with Crippen LogP contribution in [0.1, 0.15) is 6.42 Å². The van der Waals surface area contributed by atoms with Gasteiger partial charge in [-0.25, -0.2) is 0 Å². The van der Waals surface area contributed by atoms with Crippen LogP contribution in [0, 0.1) is 0 Å². The standard InChI is InChI=1S/C6H9IO4/c1-10-5(8)4-6(9)11-3-2-7/h2-4H2,1H3. The van der Waals surface area contributed by atoms with E-state index in [4.69, 9.17) is 0 Å². The summed E-state index contributed by atoms with van der Waals surface area (Å²) in [7, 11) is 1.23. The Hall–Kier alpha value is -0.330. The van der Waals surface area contributed by atoms with Gasteiger partial charge < -0.3 is 9.47 Å². The second kappa shape index (κ2) is 6.38. The smallest absolute Gasteiger partial charge is 0.317 e. The van der Waals surface area contributed by atoms with Gasteiger partial charge in [-0.1, -0.05) is 22.6 Å². The molecule has 0 fully saturated rings.